The number of rotatable bonds is 2. The molecular formula is C9H13N3O2. The van der Waals surface area contributed by atoms with Crippen LogP contribution < -0.4 is 5.73 Å². The lowest BCUT2D eigenvalue weighted by molar-refractivity contribution is -0.148. The average molecular weight is 195 g/mol. The zero-order valence-corrected chi connectivity index (χ0v) is 7.95. The summed E-state index contributed by atoms with van der Waals surface area (Å²) in [4.78, 5) is 11.1. The van der Waals surface area contributed by atoms with E-state index in [1.54, 1.807) is 6.07 Å². The summed E-state index contributed by atoms with van der Waals surface area (Å²) in [7, 11) is 0. The molecule has 5 nitrogen and oxygen atoms in total. The molecule has 2 rings (SSSR count). The summed E-state index contributed by atoms with van der Waals surface area (Å²) in [6, 6.07) is 1.77. The summed E-state index contributed by atoms with van der Waals surface area (Å²) >= 11 is 0. The highest BCUT2D eigenvalue weighted by Gasteiger charge is 2.52. The Balaban J connectivity index is 2.34. The fraction of sp³-hybridized carbons (Fsp3) is 0.556. The van der Waals surface area contributed by atoms with Gasteiger partial charge in [-0.2, -0.15) is 5.10 Å². The first-order valence-corrected chi connectivity index (χ1v) is 4.56. The Bertz CT molecular complexity index is 366. The van der Waals surface area contributed by atoms with Crippen molar-refractivity contribution in [2.45, 2.75) is 31.2 Å². The zero-order valence-electron chi connectivity index (χ0n) is 7.95. The molecule has 0 saturated heterocycles. The van der Waals surface area contributed by atoms with E-state index in [-0.39, 0.29) is 6.04 Å². The van der Waals surface area contributed by atoms with Gasteiger partial charge >= 0.3 is 5.97 Å². The molecule has 1 heterocycles. The summed E-state index contributed by atoms with van der Waals surface area (Å²) in [6.07, 6.45) is 0.958. The second-order valence-corrected chi connectivity index (χ2v) is 3.99. The lowest BCUT2D eigenvalue weighted by Gasteiger charge is -2.41. The third-order valence-electron chi connectivity index (χ3n) is 2.83. The molecule has 1 aliphatic carbocycles. The van der Waals surface area contributed by atoms with E-state index in [9.17, 15) is 4.79 Å². The molecule has 14 heavy (non-hydrogen) atoms. The average Bonchev–Trinajstić information content (AvgIpc) is 2.45. The highest BCUT2D eigenvalue weighted by Crippen LogP contribution is 2.42. The Labute approximate surface area is 81.3 Å². The minimum absolute atomic E-state index is 0.0110. The van der Waals surface area contributed by atoms with Gasteiger partial charge in [-0.1, -0.05) is 0 Å². The lowest BCUT2D eigenvalue weighted by atomic mass is 9.64. The van der Waals surface area contributed by atoms with Crippen molar-refractivity contribution in [2.75, 3.05) is 0 Å². The molecule has 0 atom stereocenters. The van der Waals surface area contributed by atoms with Crippen molar-refractivity contribution in [3.8, 4) is 0 Å². The Morgan fingerprint density at radius 1 is 1.79 bits per heavy atom. The molecule has 1 saturated carbocycles. The minimum Gasteiger partial charge on any atom is -0.481 e. The van der Waals surface area contributed by atoms with Gasteiger partial charge in [-0.05, 0) is 25.8 Å². The van der Waals surface area contributed by atoms with Crippen molar-refractivity contribution < 1.29 is 9.90 Å². The third-order valence-corrected chi connectivity index (χ3v) is 2.83. The maximum Gasteiger partial charge on any atom is 0.315 e. The van der Waals surface area contributed by atoms with E-state index in [1.807, 2.05) is 6.92 Å². The highest BCUT2D eigenvalue weighted by molar-refractivity contribution is 5.82. The van der Waals surface area contributed by atoms with Crippen molar-refractivity contribution in [1.29, 1.82) is 0 Å². The highest BCUT2D eigenvalue weighted by atomic mass is 16.4. The number of hydrogen-bond acceptors (Lipinski definition) is 3. The van der Waals surface area contributed by atoms with Gasteiger partial charge in [0.25, 0.3) is 0 Å². The van der Waals surface area contributed by atoms with E-state index in [2.05, 4.69) is 10.2 Å². The molecule has 0 amide bonds. The second kappa shape index (κ2) is 2.81. The monoisotopic (exact) mass is 195 g/mol. The van der Waals surface area contributed by atoms with E-state index in [1.165, 1.54) is 0 Å². The van der Waals surface area contributed by atoms with E-state index in [0.29, 0.717) is 18.5 Å². The first-order valence-electron chi connectivity index (χ1n) is 4.56. The Morgan fingerprint density at radius 3 is 2.79 bits per heavy atom. The largest absolute Gasteiger partial charge is 0.481 e. The van der Waals surface area contributed by atoms with Crippen LogP contribution in [-0.2, 0) is 10.2 Å². The van der Waals surface area contributed by atoms with Crippen molar-refractivity contribution in [3.05, 3.63) is 17.5 Å². The van der Waals surface area contributed by atoms with Gasteiger partial charge in [0.05, 0.1) is 5.69 Å². The number of H-pyrrole nitrogens is 1. The van der Waals surface area contributed by atoms with Gasteiger partial charge in [0.2, 0.25) is 0 Å². The van der Waals surface area contributed by atoms with Gasteiger partial charge in [-0.25, -0.2) is 0 Å². The summed E-state index contributed by atoms with van der Waals surface area (Å²) in [5, 5.41) is 15.9. The molecule has 1 fully saturated rings. The Kier molecular flexibility index (Phi) is 1.85. The number of aromatic nitrogens is 2. The first-order chi connectivity index (χ1) is 6.54. The van der Waals surface area contributed by atoms with Crippen LogP contribution in [0.4, 0.5) is 0 Å². The van der Waals surface area contributed by atoms with Crippen LogP contribution >= 0.6 is 0 Å². The van der Waals surface area contributed by atoms with Crippen LogP contribution in [-0.4, -0.2) is 27.3 Å². The quantitative estimate of drug-likeness (QED) is 0.626. The molecule has 0 radical (unpaired) electrons. The van der Waals surface area contributed by atoms with Crippen LogP contribution in [0, 0.1) is 6.92 Å². The summed E-state index contributed by atoms with van der Waals surface area (Å²) < 4.78 is 0. The number of carbonyl (C=O) groups is 1. The molecule has 5 heteroatoms. The molecule has 1 aliphatic rings. The van der Waals surface area contributed by atoms with Crippen LogP contribution in [0.1, 0.15) is 24.2 Å². The second-order valence-electron chi connectivity index (χ2n) is 3.99. The molecule has 0 unspecified atom stereocenters. The predicted octanol–water partition coefficient (Wildman–Crippen LogP) is 0.162. The van der Waals surface area contributed by atoms with Gasteiger partial charge in [-0.15, -0.1) is 0 Å². The molecule has 0 aliphatic heterocycles. The standard InChI is InChI=1S/C9H13N3O2/c1-5-2-7(12-11-5)9(8(13)14)3-6(10)4-9/h2,6H,3-4,10H2,1H3,(H,11,12)(H,13,14). The van der Waals surface area contributed by atoms with Gasteiger partial charge in [0.15, 0.2) is 0 Å². The number of carboxylic acids is 1. The van der Waals surface area contributed by atoms with Gasteiger partial charge in [0.1, 0.15) is 5.41 Å². The normalized spacial score (nSPS) is 31.1. The number of nitrogens with two attached hydrogens (primary N) is 1. The summed E-state index contributed by atoms with van der Waals surface area (Å²) in [5.74, 6) is -0.828. The maximum atomic E-state index is 11.1. The van der Waals surface area contributed by atoms with Crippen molar-refractivity contribution in [2.24, 2.45) is 5.73 Å². The third kappa shape index (κ3) is 1.13. The van der Waals surface area contributed by atoms with Crippen molar-refractivity contribution in [1.82, 2.24) is 10.2 Å². The van der Waals surface area contributed by atoms with E-state index >= 15 is 0 Å². The topological polar surface area (TPSA) is 92.0 Å². The fourth-order valence-corrected chi connectivity index (χ4v) is 1.99. The molecule has 76 valence electrons. The number of aromatic amines is 1. The number of carboxylic acid groups (broad SMARTS) is 1. The predicted molar refractivity (Wildman–Crippen MR) is 49.8 cm³/mol. The molecule has 4 N–H and O–H groups in total. The number of hydrogen-bond donors (Lipinski definition) is 3. The zero-order chi connectivity index (χ0) is 10.3. The molecule has 0 bridgehead atoms. The molecule has 0 spiro atoms. The molecule has 0 aromatic carbocycles. The SMILES string of the molecule is Cc1cc(C2(C(=O)O)CC(N)C2)n[nH]1. The summed E-state index contributed by atoms with van der Waals surface area (Å²) in [6.45, 7) is 1.85. The van der Waals surface area contributed by atoms with Crippen LogP contribution in [0.15, 0.2) is 6.07 Å². The lowest BCUT2D eigenvalue weighted by Crippen LogP contribution is -2.54. The van der Waals surface area contributed by atoms with E-state index in [4.69, 9.17) is 10.8 Å². The van der Waals surface area contributed by atoms with E-state index in [0.717, 1.165) is 5.69 Å². The molecule has 1 aromatic rings. The number of aryl methyl sites for hydroxylation is 1. The maximum absolute atomic E-state index is 11.1. The molecule has 1 aromatic heterocycles. The first kappa shape index (κ1) is 9.21. The number of nitrogens with zero attached hydrogens (tertiary/aromatic N) is 1. The number of aliphatic carboxylic acids is 1. The minimum atomic E-state index is -0.843. The molecular weight excluding hydrogens is 182 g/mol. The van der Waals surface area contributed by atoms with Gasteiger partial charge < -0.3 is 10.8 Å². The Morgan fingerprint density at radius 2 is 2.43 bits per heavy atom. The van der Waals surface area contributed by atoms with Crippen molar-refractivity contribution in [3.63, 3.8) is 0 Å². The smallest absolute Gasteiger partial charge is 0.315 e. The van der Waals surface area contributed by atoms with Crippen LogP contribution in [0.5, 0.6) is 0 Å². The number of nitrogens with one attached hydrogen (secondary N) is 1. The van der Waals surface area contributed by atoms with Crippen molar-refractivity contribution >= 4 is 5.97 Å². The van der Waals surface area contributed by atoms with Crippen LogP contribution in [0.2, 0.25) is 0 Å². The van der Waals surface area contributed by atoms with Crippen LogP contribution in [0.25, 0.3) is 0 Å². The van der Waals surface area contributed by atoms with Gasteiger partial charge in [-0.3, -0.25) is 9.89 Å². The fourth-order valence-electron chi connectivity index (χ4n) is 1.99. The van der Waals surface area contributed by atoms with E-state index < -0.39 is 11.4 Å². The summed E-state index contributed by atoms with van der Waals surface area (Å²) in [5.41, 5.74) is 6.27. The van der Waals surface area contributed by atoms with Gasteiger partial charge in [0, 0.05) is 11.7 Å². The Hall–Kier alpha value is -1.36. The van der Waals surface area contributed by atoms with Crippen LogP contribution in [0.3, 0.4) is 0 Å².